The van der Waals surface area contributed by atoms with Gasteiger partial charge in [-0.1, -0.05) is 17.7 Å². The molecular formula is C15H22Cl3F3N2. The van der Waals surface area contributed by atoms with Gasteiger partial charge in [-0.05, 0) is 36.6 Å². The van der Waals surface area contributed by atoms with E-state index in [9.17, 15) is 13.2 Å². The van der Waals surface area contributed by atoms with Gasteiger partial charge in [0.15, 0.2) is 0 Å². The molecule has 2 nitrogen and oxygen atoms in total. The first-order valence-corrected chi connectivity index (χ1v) is 7.52. The van der Waals surface area contributed by atoms with E-state index in [0.29, 0.717) is 5.02 Å². The predicted molar refractivity (Wildman–Crippen MR) is 93.2 cm³/mol. The van der Waals surface area contributed by atoms with Gasteiger partial charge in [-0.2, -0.15) is 13.2 Å². The third-order valence-electron chi connectivity index (χ3n) is 3.88. The fourth-order valence-electron chi connectivity index (χ4n) is 2.84. The van der Waals surface area contributed by atoms with Crippen molar-refractivity contribution in [3.63, 3.8) is 0 Å². The number of rotatable bonds is 4. The van der Waals surface area contributed by atoms with Crippen molar-refractivity contribution < 1.29 is 13.2 Å². The molecule has 1 aliphatic rings. The van der Waals surface area contributed by atoms with Crippen LogP contribution in [-0.4, -0.2) is 37.3 Å². The first kappa shape index (κ1) is 22.8. The maximum Gasteiger partial charge on any atom is 0.389 e. The highest BCUT2D eigenvalue weighted by molar-refractivity contribution is 6.30. The highest BCUT2D eigenvalue weighted by atomic mass is 35.5. The van der Waals surface area contributed by atoms with Crippen molar-refractivity contribution in [3.05, 3.63) is 34.3 Å². The zero-order valence-electron chi connectivity index (χ0n) is 12.8. The molecule has 23 heavy (non-hydrogen) atoms. The molecule has 134 valence electrons. The van der Waals surface area contributed by atoms with Gasteiger partial charge in [0.2, 0.25) is 0 Å². The number of nitrogens with zero attached hydrogens (tertiary/aromatic N) is 1. The molecule has 0 aliphatic carbocycles. The Labute approximate surface area is 152 Å². The third kappa shape index (κ3) is 7.06. The number of hydrogen-bond acceptors (Lipinski definition) is 2. The van der Waals surface area contributed by atoms with E-state index >= 15 is 0 Å². The predicted octanol–water partition coefficient (Wildman–Crippen LogP) is 4.78. The number of piperazine rings is 1. The second-order valence-electron chi connectivity index (χ2n) is 5.46. The lowest BCUT2D eigenvalue weighted by molar-refractivity contribution is -0.138. The standard InChI is InChI=1S/C15H20ClF3N2.2ClH/c1-11-10-12(16)2-3-13(11)14(4-5-15(17,18)19)21-8-6-20-7-9-21;;/h2-3,10,14,20H,4-9H2,1H3;2*1H/t14-;;/m1../s1. The maximum atomic E-state index is 12.6. The quantitative estimate of drug-likeness (QED) is 0.792. The van der Waals surface area contributed by atoms with Crippen LogP contribution in [0.15, 0.2) is 18.2 Å². The van der Waals surface area contributed by atoms with Crippen LogP contribution in [0.2, 0.25) is 5.02 Å². The smallest absolute Gasteiger partial charge is 0.314 e. The molecule has 0 spiro atoms. The highest BCUT2D eigenvalue weighted by Gasteiger charge is 2.31. The van der Waals surface area contributed by atoms with E-state index in [-0.39, 0.29) is 37.3 Å². The topological polar surface area (TPSA) is 15.3 Å². The highest BCUT2D eigenvalue weighted by Crippen LogP contribution is 2.33. The summed E-state index contributed by atoms with van der Waals surface area (Å²) in [6.07, 6.45) is -4.79. The van der Waals surface area contributed by atoms with Gasteiger partial charge in [0.05, 0.1) is 0 Å². The number of aryl methyl sites for hydroxylation is 1. The molecule has 1 heterocycles. The second kappa shape index (κ2) is 9.94. The molecule has 1 aromatic carbocycles. The van der Waals surface area contributed by atoms with E-state index in [1.54, 1.807) is 6.07 Å². The van der Waals surface area contributed by atoms with Crippen LogP contribution < -0.4 is 5.32 Å². The molecule has 0 bridgehead atoms. The fourth-order valence-corrected chi connectivity index (χ4v) is 3.07. The number of halogens is 6. The SMILES string of the molecule is Cc1cc(Cl)ccc1[C@@H](CCC(F)(F)F)N1CCNCC1.Cl.Cl. The lowest BCUT2D eigenvalue weighted by Crippen LogP contribution is -2.45. The van der Waals surface area contributed by atoms with E-state index in [1.807, 2.05) is 19.1 Å². The summed E-state index contributed by atoms with van der Waals surface area (Å²) in [6.45, 7) is 5.07. The van der Waals surface area contributed by atoms with Crippen LogP contribution in [0.25, 0.3) is 0 Å². The van der Waals surface area contributed by atoms with Gasteiger partial charge in [-0.15, -0.1) is 24.8 Å². The lowest BCUT2D eigenvalue weighted by atomic mass is 9.95. The Morgan fingerprint density at radius 1 is 1.22 bits per heavy atom. The first-order valence-electron chi connectivity index (χ1n) is 7.14. The van der Waals surface area contributed by atoms with E-state index in [0.717, 1.165) is 37.3 Å². The average molecular weight is 394 g/mol. The molecule has 0 aromatic heterocycles. The number of benzene rings is 1. The molecule has 1 saturated heterocycles. The van der Waals surface area contributed by atoms with Crippen molar-refractivity contribution in [1.29, 1.82) is 0 Å². The van der Waals surface area contributed by atoms with Crippen molar-refractivity contribution in [1.82, 2.24) is 10.2 Å². The summed E-state index contributed by atoms with van der Waals surface area (Å²) >= 11 is 5.95. The van der Waals surface area contributed by atoms with Crippen LogP contribution in [0.1, 0.15) is 30.0 Å². The molecule has 8 heteroatoms. The molecule has 0 amide bonds. The van der Waals surface area contributed by atoms with Crippen molar-refractivity contribution >= 4 is 36.4 Å². The van der Waals surface area contributed by atoms with Crippen LogP contribution in [0.4, 0.5) is 13.2 Å². The molecule has 1 aromatic rings. The Bertz CT molecular complexity index is 478. The molecule has 0 saturated carbocycles. The number of nitrogens with one attached hydrogen (secondary N) is 1. The summed E-state index contributed by atoms with van der Waals surface area (Å²) in [5, 5.41) is 3.85. The van der Waals surface area contributed by atoms with E-state index in [4.69, 9.17) is 11.6 Å². The van der Waals surface area contributed by atoms with Crippen molar-refractivity contribution in [2.45, 2.75) is 32.0 Å². The minimum Gasteiger partial charge on any atom is -0.314 e. The zero-order chi connectivity index (χ0) is 15.5. The molecule has 0 radical (unpaired) electrons. The normalized spacial score (nSPS) is 17.1. The van der Waals surface area contributed by atoms with Gasteiger partial charge in [-0.25, -0.2) is 0 Å². The Kier molecular flexibility index (Phi) is 9.86. The van der Waals surface area contributed by atoms with Crippen molar-refractivity contribution in [2.75, 3.05) is 26.2 Å². The summed E-state index contributed by atoms with van der Waals surface area (Å²) in [6, 6.07) is 5.23. The van der Waals surface area contributed by atoms with Gasteiger partial charge >= 0.3 is 6.18 Å². The second-order valence-corrected chi connectivity index (χ2v) is 5.89. The van der Waals surface area contributed by atoms with Gasteiger partial charge in [0.25, 0.3) is 0 Å². The van der Waals surface area contributed by atoms with Gasteiger partial charge < -0.3 is 5.32 Å². The zero-order valence-corrected chi connectivity index (χ0v) is 15.2. The first-order chi connectivity index (χ1) is 9.87. The summed E-state index contributed by atoms with van der Waals surface area (Å²) in [7, 11) is 0. The van der Waals surface area contributed by atoms with Crippen molar-refractivity contribution in [2.24, 2.45) is 0 Å². The molecule has 2 rings (SSSR count). The minimum absolute atomic E-state index is 0. The molecule has 1 atom stereocenters. The van der Waals surface area contributed by atoms with Crippen LogP contribution in [0.5, 0.6) is 0 Å². The number of alkyl halides is 3. The molecule has 1 fully saturated rings. The Hall–Kier alpha value is -0.200. The lowest BCUT2D eigenvalue weighted by Gasteiger charge is -2.36. The van der Waals surface area contributed by atoms with Crippen LogP contribution in [0.3, 0.4) is 0 Å². The molecular weight excluding hydrogens is 372 g/mol. The summed E-state index contributed by atoms with van der Waals surface area (Å²) in [4.78, 5) is 2.14. The number of hydrogen-bond donors (Lipinski definition) is 1. The van der Waals surface area contributed by atoms with E-state index < -0.39 is 12.6 Å². The third-order valence-corrected chi connectivity index (χ3v) is 4.12. The Morgan fingerprint density at radius 3 is 2.35 bits per heavy atom. The van der Waals surface area contributed by atoms with E-state index in [2.05, 4.69) is 10.2 Å². The molecule has 0 unspecified atom stereocenters. The van der Waals surface area contributed by atoms with Gasteiger partial charge in [0.1, 0.15) is 0 Å². The average Bonchev–Trinajstić information content (AvgIpc) is 2.41. The van der Waals surface area contributed by atoms with Crippen LogP contribution in [-0.2, 0) is 0 Å². The minimum atomic E-state index is -4.12. The summed E-state index contributed by atoms with van der Waals surface area (Å²) < 4.78 is 37.8. The largest absolute Gasteiger partial charge is 0.389 e. The van der Waals surface area contributed by atoms with Crippen LogP contribution >= 0.6 is 36.4 Å². The summed E-state index contributed by atoms with van der Waals surface area (Å²) in [5.41, 5.74) is 1.90. The molecule has 1 aliphatic heterocycles. The Balaban J connectivity index is 0.00000242. The van der Waals surface area contributed by atoms with Crippen molar-refractivity contribution in [3.8, 4) is 0 Å². The van der Waals surface area contributed by atoms with Gasteiger partial charge in [0, 0.05) is 43.7 Å². The maximum absolute atomic E-state index is 12.6. The van der Waals surface area contributed by atoms with E-state index in [1.165, 1.54) is 0 Å². The molecule has 1 N–H and O–H groups in total. The van der Waals surface area contributed by atoms with Crippen LogP contribution in [0, 0.1) is 6.92 Å². The Morgan fingerprint density at radius 2 is 1.83 bits per heavy atom. The summed E-state index contributed by atoms with van der Waals surface area (Å²) in [5.74, 6) is 0. The fraction of sp³-hybridized carbons (Fsp3) is 0.600. The monoisotopic (exact) mass is 392 g/mol. The van der Waals surface area contributed by atoms with Gasteiger partial charge in [-0.3, -0.25) is 4.90 Å².